The molecule has 2 rings (SSSR count). The fraction of sp³-hybridized carbons (Fsp3) is 0.462. The summed E-state index contributed by atoms with van der Waals surface area (Å²) in [5, 5.41) is 3.26. The van der Waals surface area contributed by atoms with E-state index in [0.717, 1.165) is 25.9 Å². The van der Waals surface area contributed by atoms with E-state index < -0.39 is 5.82 Å². The van der Waals surface area contributed by atoms with Gasteiger partial charge in [-0.2, -0.15) is 0 Å². The van der Waals surface area contributed by atoms with Crippen LogP contribution in [-0.2, 0) is 0 Å². The van der Waals surface area contributed by atoms with Crippen molar-refractivity contribution in [1.82, 2.24) is 10.2 Å². The predicted octanol–water partition coefficient (Wildman–Crippen LogP) is 2.41. The summed E-state index contributed by atoms with van der Waals surface area (Å²) < 4.78 is 13.9. The quantitative estimate of drug-likeness (QED) is 0.909. The third-order valence-electron chi connectivity index (χ3n) is 3.29. The molecule has 1 heterocycles. The second-order valence-electron chi connectivity index (χ2n) is 4.56. The lowest BCUT2D eigenvalue weighted by molar-refractivity contribution is 0.0702. The molecule has 98 valence electrons. The van der Waals surface area contributed by atoms with Gasteiger partial charge >= 0.3 is 0 Å². The number of amides is 1. The Morgan fingerprint density at radius 2 is 2.06 bits per heavy atom. The predicted molar refractivity (Wildman–Crippen MR) is 72.1 cm³/mol. The van der Waals surface area contributed by atoms with E-state index in [9.17, 15) is 9.18 Å². The van der Waals surface area contributed by atoms with Crippen LogP contribution in [0.25, 0.3) is 0 Å². The summed E-state index contributed by atoms with van der Waals surface area (Å²) in [6.07, 6.45) is 1.89. The number of piperidine rings is 1. The Bertz CT molecular complexity index is 426. The normalized spacial score (nSPS) is 16.6. The van der Waals surface area contributed by atoms with Crippen molar-refractivity contribution in [3.8, 4) is 0 Å². The van der Waals surface area contributed by atoms with E-state index in [1.807, 2.05) is 0 Å². The molecule has 0 bridgehead atoms. The van der Waals surface area contributed by atoms with E-state index in [4.69, 9.17) is 0 Å². The Hall–Kier alpha value is -0.940. The van der Waals surface area contributed by atoms with Crippen molar-refractivity contribution in [3.63, 3.8) is 0 Å². The standard InChI is InChI=1S/C13H16BrFN2O/c1-17(12-2-4-16-5-3-12)13(18)9-6-10(14)8-11(15)7-9/h6-8,12,16H,2-5H2,1H3. The number of hydrogen-bond acceptors (Lipinski definition) is 2. The van der Waals surface area contributed by atoms with Gasteiger partial charge in [-0.05, 0) is 44.1 Å². The Morgan fingerprint density at radius 3 is 2.67 bits per heavy atom. The van der Waals surface area contributed by atoms with Crippen molar-refractivity contribution in [1.29, 1.82) is 0 Å². The molecule has 0 unspecified atom stereocenters. The van der Waals surface area contributed by atoms with Crippen LogP contribution in [-0.4, -0.2) is 37.0 Å². The molecule has 1 aliphatic rings. The summed E-state index contributed by atoms with van der Waals surface area (Å²) in [5.41, 5.74) is 0.392. The van der Waals surface area contributed by atoms with Crippen LogP contribution in [0.2, 0.25) is 0 Å². The smallest absolute Gasteiger partial charge is 0.253 e. The largest absolute Gasteiger partial charge is 0.339 e. The Labute approximate surface area is 114 Å². The molecule has 1 N–H and O–H groups in total. The van der Waals surface area contributed by atoms with Crippen molar-refractivity contribution in [2.24, 2.45) is 0 Å². The summed E-state index contributed by atoms with van der Waals surface area (Å²) in [4.78, 5) is 14.0. The Kier molecular flexibility index (Phi) is 4.35. The van der Waals surface area contributed by atoms with E-state index in [2.05, 4.69) is 21.2 Å². The first kappa shape index (κ1) is 13.5. The van der Waals surface area contributed by atoms with E-state index in [1.54, 1.807) is 18.0 Å². The van der Waals surface area contributed by atoms with Crippen molar-refractivity contribution in [3.05, 3.63) is 34.1 Å². The highest BCUT2D eigenvalue weighted by Crippen LogP contribution is 2.18. The fourth-order valence-corrected chi connectivity index (χ4v) is 2.71. The molecular weight excluding hydrogens is 299 g/mol. The van der Waals surface area contributed by atoms with Gasteiger partial charge in [-0.1, -0.05) is 15.9 Å². The molecule has 0 saturated carbocycles. The lowest BCUT2D eigenvalue weighted by Crippen LogP contribution is -2.44. The number of nitrogens with one attached hydrogen (secondary N) is 1. The van der Waals surface area contributed by atoms with Crippen molar-refractivity contribution in [2.45, 2.75) is 18.9 Å². The zero-order valence-corrected chi connectivity index (χ0v) is 11.8. The molecular formula is C13H16BrFN2O. The topological polar surface area (TPSA) is 32.3 Å². The molecule has 1 aromatic carbocycles. The second-order valence-corrected chi connectivity index (χ2v) is 5.47. The van der Waals surface area contributed by atoms with Crippen LogP contribution < -0.4 is 5.32 Å². The van der Waals surface area contributed by atoms with E-state index in [0.29, 0.717) is 10.0 Å². The second kappa shape index (κ2) is 5.80. The summed E-state index contributed by atoms with van der Waals surface area (Å²) >= 11 is 3.21. The van der Waals surface area contributed by atoms with Crippen LogP contribution in [0.1, 0.15) is 23.2 Å². The van der Waals surface area contributed by atoms with Gasteiger partial charge in [-0.25, -0.2) is 4.39 Å². The van der Waals surface area contributed by atoms with E-state index >= 15 is 0 Å². The molecule has 1 aromatic rings. The van der Waals surface area contributed by atoms with Crippen LogP contribution in [0.15, 0.2) is 22.7 Å². The molecule has 0 spiro atoms. The van der Waals surface area contributed by atoms with Crippen LogP contribution in [0.5, 0.6) is 0 Å². The molecule has 5 heteroatoms. The average molecular weight is 315 g/mol. The number of benzene rings is 1. The van der Waals surface area contributed by atoms with Gasteiger partial charge in [0.2, 0.25) is 0 Å². The third-order valence-corrected chi connectivity index (χ3v) is 3.74. The number of carbonyl (C=O) groups excluding carboxylic acids is 1. The summed E-state index contributed by atoms with van der Waals surface area (Å²) in [6.45, 7) is 1.85. The molecule has 1 aliphatic heterocycles. The minimum Gasteiger partial charge on any atom is -0.339 e. The van der Waals surface area contributed by atoms with Crippen molar-refractivity contribution in [2.75, 3.05) is 20.1 Å². The molecule has 1 fully saturated rings. The number of hydrogen-bond donors (Lipinski definition) is 1. The fourth-order valence-electron chi connectivity index (χ4n) is 2.24. The summed E-state index contributed by atoms with van der Waals surface area (Å²) in [7, 11) is 1.79. The SMILES string of the molecule is CN(C(=O)c1cc(F)cc(Br)c1)C1CCNCC1. The highest BCUT2D eigenvalue weighted by molar-refractivity contribution is 9.10. The third kappa shape index (κ3) is 3.09. The summed E-state index contributed by atoms with van der Waals surface area (Å²) in [6, 6.07) is 4.52. The van der Waals surface area contributed by atoms with Crippen LogP contribution >= 0.6 is 15.9 Å². The van der Waals surface area contributed by atoms with Gasteiger partial charge in [0.25, 0.3) is 5.91 Å². The summed E-state index contributed by atoms with van der Waals surface area (Å²) in [5.74, 6) is -0.520. The molecule has 1 saturated heterocycles. The van der Waals surface area contributed by atoms with Gasteiger partial charge in [0.15, 0.2) is 0 Å². The number of halogens is 2. The lowest BCUT2D eigenvalue weighted by Gasteiger charge is -2.31. The zero-order valence-electron chi connectivity index (χ0n) is 10.2. The Balaban J connectivity index is 2.14. The van der Waals surface area contributed by atoms with Gasteiger partial charge < -0.3 is 10.2 Å². The number of nitrogens with zero attached hydrogens (tertiary/aromatic N) is 1. The molecule has 0 aliphatic carbocycles. The molecule has 18 heavy (non-hydrogen) atoms. The minimum atomic E-state index is -0.397. The van der Waals surface area contributed by atoms with Crippen LogP contribution in [0.3, 0.4) is 0 Å². The highest BCUT2D eigenvalue weighted by Gasteiger charge is 2.23. The van der Waals surface area contributed by atoms with E-state index in [1.165, 1.54) is 12.1 Å². The lowest BCUT2D eigenvalue weighted by atomic mass is 10.0. The first-order valence-corrected chi connectivity index (χ1v) is 6.81. The van der Waals surface area contributed by atoms with Gasteiger partial charge in [-0.15, -0.1) is 0 Å². The molecule has 0 atom stereocenters. The maximum Gasteiger partial charge on any atom is 0.253 e. The van der Waals surface area contributed by atoms with Crippen LogP contribution in [0, 0.1) is 5.82 Å². The van der Waals surface area contributed by atoms with Crippen molar-refractivity contribution < 1.29 is 9.18 Å². The van der Waals surface area contributed by atoms with Crippen LogP contribution in [0.4, 0.5) is 4.39 Å². The maximum atomic E-state index is 13.3. The zero-order chi connectivity index (χ0) is 13.1. The van der Waals surface area contributed by atoms with Gasteiger partial charge in [0.1, 0.15) is 5.82 Å². The first-order chi connectivity index (χ1) is 8.58. The minimum absolute atomic E-state index is 0.123. The van der Waals surface area contributed by atoms with E-state index in [-0.39, 0.29) is 11.9 Å². The molecule has 3 nitrogen and oxygen atoms in total. The molecule has 1 amide bonds. The van der Waals surface area contributed by atoms with Gasteiger partial charge in [0, 0.05) is 23.1 Å². The van der Waals surface area contributed by atoms with Gasteiger partial charge in [0.05, 0.1) is 0 Å². The number of rotatable bonds is 2. The maximum absolute atomic E-state index is 13.3. The molecule has 0 aromatic heterocycles. The molecule has 0 radical (unpaired) electrons. The average Bonchev–Trinajstić information content (AvgIpc) is 2.37. The monoisotopic (exact) mass is 314 g/mol. The van der Waals surface area contributed by atoms with Crippen molar-refractivity contribution >= 4 is 21.8 Å². The Morgan fingerprint density at radius 1 is 1.39 bits per heavy atom. The number of carbonyl (C=O) groups is 1. The highest BCUT2D eigenvalue weighted by atomic mass is 79.9. The van der Waals surface area contributed by atoms with Gasteiger partial charge in [-0.3, -0.25) is 4.79 Å². The first-order valence-electron chi connectivity index (χ1n) is 6.02.